The summed E-state index contributed by atoms with van der Waals surface area (Å²) in [6, 6.07) is 6.74. The molecule has 0 atom stereocenters. The molecule has 5 heteroatoms. The fraction of sp³-hybridized carbons (Fsp3) is 0.182. The molecule has 1 aliphatic heterocycles. The van der Waals surface area contributed by atoms with Crippen LogP contribution in [0, 0.1) is 0 Å². The molecule has 1 heterocycles. The molecular weight excluding hydrogens is 208 g/mol. The summed E-state index contributed by atoms with van der Waals surface area (Å²) >= 11 is 0. The molecule has 1 aliphatic rings. The van der Waals surface area contributed by atoms with E-state index in [1.807, 2.05) is 0 Å². The number of carbonyl (C=O) groups is 3. The number of fused-ring (bicyclic) bond motifs is 1. The second kappa shape index (κ2) is 5.06. The smallest absolute Gasteiger partial charge is 0.258 e. The Balaban J connectivity index is 0.000000221. The van der Waals surface area contributed by atoms with E-state index in [2.05, 4.69) is 5.32 Å². The van der Waals surface area contributed by atoms with E-state index in [4.69, 9.17) is 0 Å². The molecule has 0 saturated heterocycles. The molecule has 0 bridgehead atoms. The Morgan fingerprint density at radius 2 is 1.44 bits per heavy atom. The maximum atomic E-state index is 10.9. The maximum absolute atomic E-state index is 10.9. The van der Waals surface area contributed by atoms with E-state index >= 15 is 0 Å². The van der Waals surface area contributed by atoms with Crippen molar-refractivity contribution in [1.82, 2.24) is 10.2 Å². The summed E-state index contributed by atoms with van der Waals surface area (Å²) in [6.07, 6.45) is 0.750. The molecule has 1 aromatic rings. The van der Waals surface area contributed by atoms with Gasteiger partial charge in [-0.3, -0.25) is 19.7 Å². The molecule has 0 radical (unpaired) electrons. The van der Waals surface area contributed by atoms with Crippen molar-refractivity contribution < 1.29 is 14.4 Å². The summed E-state index contributed by atoms with van der Waals surface area (Å²) in [4.78, 5) is 32.8. The first kappa shape index (κ1) is 11.9. The van der Waals surface area contributed by atoms with Gasteiger partial charge in [0.25, 0.3) is 11.8 Å². The van der Waals surface area contributed by atoms with Crippen LogP contribution < -0.4 is 5.32 Å². The van der Waals surface area contributed by atoms with Crippen LogP contribution in [0.15, 0.2) is 24.3 Å². The standard InChI is InChI=1S/C8H5NO2.C3H7NO/c10-7-5-3-1-2-4-6(5)8(11)9-7;1-4(2)3-5/h1-4H,(H,9,10,11);3H,1-2H3. The van der Waals surface area contributed by atoms with Crippen molar-refractivity contribution in [2.24, 2.45) is 0 Å². The van der Waals surface area contributed by atoms with E-state index in [9.17, 15) is 14.4 Å². The zero-order chi connectivity index (χ0) is 12.1. The highest BCUT2D eigenvalue weighted by Gasteiger charge is 2.25. The Bertz CT molecular complexity index is 394. The predicted molar refractivity (Wildman–Crippen MR) is 58.0 cm³/mol. The number of rotatable bonds is 1. The van der Waals surface area contributed by atoms with Gasteiger partial charge in [0.2, 0.25) is 6.41 Å². The molecular formula is C11H12N2O3. The lowest BCUT2D eigenvalue weighted by Gasteiger charge is -1.93. The van der Waals surface area contributed by atoms with Crippen molar-refractivity contribution in [1.29, 1.82) is 0 Å². The highest BCUT2D eigenvalue weighted by Crippen LogP contribution is 2.13. The van der Waals surface area contributed by atoms with Gasteiger partial charge in [-0.2, -0.15) is 0 Å². The second-order valence-electron chi connectivity index (χ2n) is 3.40. The van der Waals surface area contributed by atoms with Gasteiger partial charge in [0.05, 0.1) is 11.1 Å². The minimum atomic E-state index is -0.300. The SMILES string of the molecule is CN(C)C=O.O=C1NC(=O)c2ccccc21. The fourth-order valence-corrected chi connectivity index (χ4v) is 1.12. The molecule has 2 rings (SSSR count). The molecule has 3 amide bonds. The number of hydrogen-bond donors (Lipinski definition) is 1. The van der Waals surface area contributed by atoms with Gasteiger partial charge in [0.1, 0.15) is 0 Å². The Labute approximate surface area is 93.1 Å². The molecule has 0 spiro atoms. The van der Waals surface area contributed by atoms with Crippen LogP contribution in [0.25, 0.3) is 0 Å². The summed E-state index contributed by atoms with van der Waals surface area (Å²) in [5.41, 5.74) is 0.940. The van der Waals surface area contributed by atoms with E-state index in [1.54, 1.807) is 38.4 Å². The van der Waals surface area contributed by atoms with Crippen LogP contribution in [0.5, 0.6) is 0 Å². The third-order valence-electron chi connectivity index (χ3n) is 1.85. The van der Waals surface area contributed by atoms with E-state index in [0.717, 1.165) is 6.41 Å². The number of nitrogens with zero attached hydrogens (tertiary/aromatic N) is 1. The van der Waals surface area contributed by atoms with Gasteiger partial charge in [0.15, 0.2) is 0 Å². The van der Waals surface area contributed by atoms with Crippen molar-refractivity contribution in [3.05, 3.63) is 35.4 Å². The van der Waals surface area contributed by atoms with Gasteiger partial charge >= 0.3 is 0 Å². The van der Waals surface area contributed by atoms with E-state index in [0.29, 0.717) is 11.1 Å². The summed E-state index contributed by atoms with van der Waals surface area (Å²) < 4.78 is 0. The average Bonchev–Trinajstić information content (AvgIpc) is 2.56. The number of amides is 3. The second-order valence-corrected chi connectivity index (χ2v) is 3.40. The van der Waals surface area contributed by atoms with Gasteiger partial charge in [0, 0.05) is 14.1 Å². The lowest BCUT2D eigenvalue weighted by molar-refractivity contribution is -0.115. The van der Waals surface area contributed by atoms with Gasteiger partial charge in [-0.15, -0.1) is 0 Å². The average molecular weight is 220 g/mol. The van der Waals surface area contributed by atoms with Crippen LogP contribution in [0.3, 0.4) is 0 Å². The number of hydrogen-bond acceptors (Lipinski definition) is 3. The number of nitrogens with one attached hydrogen (secondary N) is 1. The van der Waals surface area contributed by atoms with E-state index in [1.165, 1.54) is 4.90 Å². The molecule has 0 aromatic heterocycles. The highest BCUT2D eigenvalue weighted by molar-refractivity contribution is 6.21. The van der Waals surface area contributed by atoms with Crippen molar-refractivity contribution in [2.75, 3.05) is 14.1 Å². The van der Waals surface area contributed by atoms with Gasteiger partial charge in [-0.25, -0.2) is 0 Å². The lowest BCUT2D eigenvalue weighted by Crippen LogP contribution is -2.19. The number of imide groups is 1. The normalized spacial score (nSPS) is 12.1. The molecule has 1 N–H and O–H groups in total. The molecule has 0 unspecified atom stereocenters. The van der Waals surface area contributed by atoms with E-state index < -0.39 is 0 Å². The third-order valence-corrected chi connectivity index (χ3v) is 1.85. The topological polar surface area (TPSA) is 66.5 Å². The van der Waals surface area contributed by atoms with Crippen LogP contribution in [0.4, 0.5) is 0 Å². The Hall–Kier alpha value is -2.17. The van der Waals surface area contributed by atoms with Crippen molar-refractivity contribution in [3.63, 3.8) is 0 Å². The summed E-state index contributed by atoms with van der Waals surface area (Å²) in [5.74, 6) is -0.601. The first-order valence-electron chi connectivity index (χ1n) is 4.62. The monoisotopic (exact) mass is 220 g/mol. The van der Waals surface area contributed by atoms with Crippen molar-refractivity contribution >= 4 is 18.2 Å². The quantitative estimate of drug-likeness (QED) is 0.546. The van der Waals surface area contributed by atoms with Crippen LogP contribution in [0.2, 0.25) is 0 Å². The summed E-state index contributed by atoms with van der Waals surface area (Å²) in [6.45, 7) is 0. The maximum Gasteiger partial charge on any atom is 0.258 e. The highest BCUT2D eigenvalue weighted by atomic mass is 16.2. The Kier molecular flexibility index (Phi) is 3.77. The van der Waals surface area contributed by atoms with Gasteiger partial charge in [-0.05, 0) is 12.1 Å². The molecule has 0 fully saturated rings. The van der Waals surface area contributed by atoms with Crippen LogP contribution in [-0.4, -0.2) is 37.2 Å². The predicted octanol–water partition coefficient (Wildman–Crippen LogP) is 0.275. The first-order chi connectivity index (χ1) is 7.56. The minimum Gasteiger partial charge on any atom is -0.351 e. The van der Waals surface area contributed by atoms with Crippen molar-refractivity contribution in [3.8, 4) is 0 Å². The zero-order valence-corrected chi connectivity index (χ0v) is 9.06. The summed E-state index contributed by atoms with van der Waals surface area (Å²) in [5, 5.41) is 2.20. The number of carbonyl (C=O) groups excluding carboxylic acids is 3. The molecule has 84 valence electrons. The van der Waals surface area contributed by atoms with Gasteiger partial charge in [-0.1, -0.05) is 12.1 Å². The Morgan fingerprint density at radius 1 is 1.06 bits per heavy atom. The minimum absolute atomic E-state index is 0.300. The fourth-order valence-electron chi connectivity index (χ4n) is 1.12. The molecule has 0 aliphatic carbocycles. The van der Waals surface area contributed by atoms with E-state index in [-0.39, 0.29) is 11.8 Å². The van der Waals surface area contributed by atoms with Crippen LogP contribution in [0.1, 0.15) is 20.7 Å². The molecule has 1 aromatic carbocycles. The zero-order valence-electron chi connectivity index (χ0n) is 9.06. The lowest BCUT2D eigenvalue weighted by atomic mass is 10.1. The van der Waals surface area contributed by atoms with Crippen molar-refractivity contribution in [2.45, 2.75) is 0 Å². The number of benzene rings is 1. The first-order valence-corrected chi connectivity index (χ1v) is 4.62. The van der Waals surface area contributed by atoms with Crippen LogP contribution in [-0.2, 0) is 4.79 Å². The Morgan fingerprint density at radius 3 is 1.75 bits per heavy atom. The summed E-state index contributed by atoms with van der Waals surface area (Å²) in [7, 11) is 3.38. The largest absolute Gasteiger partial charge is 0.351 e. The third kappa shape index (κ3) is 2.66. The molecule has 0 saturated carbocycles. The van der Waals surface area contributed by atoms with Gasteiger partial charge < -0.3 is 4.90 Å². The molecule has 5 nitrogen and oxygen atoms in total. The van der Waals surface area contributed by atoms with Crippen LogP contribution >= 0.6 is 0 Å². The molecule has 16 heavy (non-hydrogen) atoms.